The van der Waals surface area contributed by atoms with E-state index in [0.29, 0.717) is 38.4 Å². The van der Waals surface area contributed by atoms with Crippen molar-refractivity contribution >= 4 is 34.2 Å². The topological polar surface area (TPSA) is 108 Å². The Morgan fingerprint density at radius 1 is 1.13 bits per heavy atom. The molecule has 0 aromatic heterocycles. The Hall–Kier alpha value is -1.66. The van der Waals surface area contributed by atoms with E-state index >= 15 is 0 Å². The Balaban J connectivity index is 1.55. The average molecular weight is 453 g/mol. The van der Waals surface area contributed by atoms with E-state index in [-0.39, 0.29) is 11.7 Å². The van der Waals surface area contributed by atoms with Crippen molar-refractivity contribution in [3.8, 4) is 0 Å². The molecule has 1 aromatic rings. The second kappa shape index (κ2) is 9.07. The van der Waals surface area contributed by atoms with Crippen LogP contribution in [0.4, 0.5) is 5.69 Å². The highest BCUT2D eigenvalue weighted by Crippen LogP contribution is 2.36. The first-order chi connectivity index (χ1) is 14.4. The van der Waals surface area contributed by atoms with Gasteiger partial charge >= 0.3 is 7.12 Å². The molecule has 0 unspecified atom stereocenters. The Bertz CT molecular complexity index is 884. The summed E-state index contributed by atoms with van der Waals surface area (Å²) < 4.78 is 39.9. The summed E-state index contributed by atoms with van der Waals surface area (Å²) in [6.45, 7) is 9.90. The van der Waals surface area contributed by atoms with Crippen LogP contribution in [-0.4, -0.2) is 92.6 Å². The van der Waals surface area contributed by atoms with Crippen LogP contribution < -0.4 is 10.2 Å². The number of aliphatic hydroxyl groups excluding tert-OH is 1. The van der Waals surface area contributed by atoms with Crippen molar-refractivity contribution in [2.45, 2.75) is 38.9 Å². The molecule has 2 saturated heterocycles. The van der Waals surface area contributed by atoms with Crippen molar-refractivity contribution in [1.29, 1.82) is 0 Å². The Morgan fingerprint density at radius 2 is 1.74 bits per heavy atom. The van der Waals surface area contributed by atoms with E-state index in [1.54, 1.807) is 23.1 Å². The van der Waals surface area contributed by atoms with Crippen molar-refractivity contribution in [3.63, 3.8) is 0 Å². The normalized spacial score (nSPS) is 21.3. The predicted molar refractivity (Wildman–Crippen MR) is 120 cm³/mol. The van der Waals surface area contributed by atoms with E-state index in [4.69, 9.17) is 14.4 Å². The third-order valence-electron chi connectivity index (χ3n) is 6.22. The van der Waals surface area contributed by atoms with Crippen LogP contribution in [0.3, 0.4) is 0 Å². The molecule has 0 atom stereocenters. The second-order valence-corrected chi connectivity index (χ2v) is 10.9. The number of nitrogens with one attached hydrogen (secondary N) is 1. The van der Waals surface area contributed by atoms with Gasteiger partial charge in [-0.15, -0.1) is 0 Å². The molecule has 0 aliphatic carbocycles. The molecule has 2 N–H and O–H groups in total. The zero-order chi connectivity index (χ0) is 22.9. The minimum Gasteiger partial charge on any atom is -0.399 e. The van der Waals surface area contributed by atoms with Gasteiger partial charge in [0, 0.05) is 38.4 Å². The van der Waals surface area contributed by atoms with Crippen LogP contribution in [0.1, 0.15) is 27.7 Å². The molecule has 0 radical (unpaired) electrons. The smallest absolute Gasteiger partial charge is 0.399 e. The van der Waals surface area contributed by atoms with Gasteiger partial charge in [-0.2, -0.15) is 0 Å². The molecule has 9 nitrogen and oxygen atoms in total. The fourth-order valence-electron chi connectivity index (χ4n) is 3.53. The van der Waals surface area contributed by atoms with E-state index in [1.165, 1.54) is 0 Å². The van der Waals surface area contributed by atoms with E-state index in [1.807, 2.05) is 38.7 Å². The van der Waals surface area contributed by atoms with Crippen LogP contribution in [0.15, 0.2) is 24.3 Å². The quantitative estimate of drug-likeness (QED) is 0.554. The SMILES string of the molecule is CC1(C)OB(c2cccc(NS(=O)(=O)CCN3CCN(C(=O)CO)CC3)c2)OC1(C)C. The number of anilines is 1. The van der Waals surface area contributed by atoms with Crippen molar-refractivity contribution in [2.75, 3.05) is 49.8 Å². The highest BCUT2D eigenvalue weighted by Gasteiger charge is 2.51. The highest BCUT2D eigenvalue weighted by atomic mass is 32.2. The largest absolute Gasteiger partial charge is 0.494 e. The van der Waals surface area contributed by atoms with Crippen LogP contribution in [0.5, 0.6) is 0 Å². The van der Waals surface area contributed by atoms with Crippen LogP contribution in [0, 0.1) is 0 Å². The molecular weight excluding hydrogens is 421 g/mol. The van der Waals surface area contributed by atoms with E-state index in [2.05, 4.69) is 4.72 Å². The number of rotatable bonds is 7. The van der Waals surface area contributed by atoms with Gasteiger partial charge in [0.1, 0.15) is 6.61 Å². The Morgan fingerprint density at radius 3 is 2.32 bits per heavy atom. The lowest BCUT2D eigenvalue weighted by molar-refractivity contribution is -0.135. The lowest BCUT2D eigenvalue weighted by Crippen LogP contribution is -2.50. The molecule has 172 valence electrons. The van der Waals surface area contributed by atoms with Gasteiger partial charge in [-0.1, -0.05) is 12.1 Å². The van der Waals surface area contributed by atoms with Gasteiger partial charge in [-0.3, -0.25) is 14.4 Å². The van der Waals surface area contributed by atoms with Crippen molar-refractivity contribution in [2.24, 2.45) is 0 Å². The van der Waals surface area contributed by atoms with Crippen molar-refractivity contribution < 1.29 is 27.6 Å². The molecule has 2 fully saturated rings. The molecule has 1 amide bonds. The summed E-state index contributed by atoms with van der Waals surface area (Å²) in [5.41, 5.74) is 0.270. The monoisotopic (exact) mass is 453 g/mol. The lowest BCUT2D eigenvalue weighted by Gasteiger charge is -2.34. The van der Waals surface area contributed by atoms with Crippen molar-refractivity contribution in [1.82, 2.24) is 9.80 Å². The molecule has 0 saturated carbocycles. The summed E-state index contributed by atoms with van der Waals surface area (Å²) in [5.74, 6) is -0.349. The first-order valence-electron chi connectivity index (χ1n) is 10.5. The molecule has 0 spiro atoms. The van der Waals surface area contributed by atoms with Crippen LogP contribution in [-0.2, 0) is 24.1 Å². The molecule has 2 heterocycles. The zero-order valence-electron chi connectivity index (χ0n) is 18.6. The van der Waals surface area contributed by atoms with Gasteiger partial charge in [0.2, 0.25) is 15.9 Å². The fourth-order valence-corrected chi connectivity index (χ4v) is 4.62. The number of nitrogens with zero attached hydrogens (tertiary/aromatic N) is 2. The minimum absolute atomic E-state index is 0.0539. The number of benzene rings is 1. The van der Waals surface area contributed by atoms with Crippen LogP contribution in [0.25, 0.3) is 0 Å². The number of carbonyl (C=O) groups is 1. The number of carbonyl (C=O) groups excluding carboxylic acids is 1. The van der Waals surface area contributed by atoms with Gasteiger partial charge in [-0.25, -0.2) is 8.42 Å². The summed E-state index contributed by atoms with van der Waals surface area (Å²) in [7, 11) is -4.11. The molecule has 11 heteroatoms. The fraction of sp³-hybridized carbons (Fsp3) is 0.650. The molecule has 1 aromatic carbocycles. The number of hydrogen-bond acceptors (Lipinski definition) is 7. The lowest BCUT2D eigenvalue weighted by atomic mass is 9.79. The van der Waals surface area contributed by atoms with E-state index in [9.17, 15) is 13.2 Å². The molecular formula is C20H32BN3O6S. The van der Waals surface area contributed by atoms with Crippen LogP contribution >= 0.6 is 0 Å². The molecule has 0 bridgehead atoms. The third-order valence-corrected chi connectivity index (χ3v) is 7.49. The minimum atomic E-state index is -3.55. The first-order valence-corrected chi connectivity index (χ1v) is 12.1. The van der Waals surface area contributed by atoms with Gasteiger partial charge in [0.05, 0.1) is 17.0 Å². The first kappa shape index (κ1) is 24.0. The molecule has 3 rings (SSSR count). The zero-order valence-corrected chi connectivity index (χ0v) is 19.4. The predicted octanol–water partition coefficient (Wildman–Crippen LogP) is -0.136. The van der Waals surface area contributed by atoms with Gasteiger partial charge < -0.3 is 19.3 Å². The van der Waals surface area contributed by atoms with E-state index in [0.717, 1.165) is 5.46 Å². The number of amides is 1. The van der Waals surface area contributed by atoms with Gasteiger partial charge in [0.15, 0.2) is 0 Å². The van der Waals surface area contributed by atoms with E-state index < -0.39 is 35.0 Å². The molecule has 31 heavy (non-hydrogen) atoms. The second-order valence-electron chi connectivity index (χ2n) is 9.02. The summed E-state index contributed by atoms with van der Waals surface area (Å²) in [6.07, 6.45) is 0. The van der Waals surface area contributed by atoms with Gasteiger partial charge in [0.25, 0.3) is 0 Å². The molecule has 2 aliphatic heterocycles. The number of sulfonamides is 1. The maximum Gasteiger partial charge on any atom is 0.494 e. The number of piperazine rings is 1. The average Bonchev–Trinajstić information content (AvgIpc) is 2.93. The third kappa shape index (κ3) is 5.78. The van der Waals surface area contributed by atoms with Crippen LogP contribution in [0.2, 0.25) is 0 Å². The summed E-state index contributed by atoms with van der Waals surface area (Å²) >= 11 is 0. The number of aliphatic hydroxyl groups is 1. The van der Waals surface area contributed by atoms with Gasteiger partial charge in [-0.05, 0) is 45.3 Å². The number of hydrogen-bond donors (Lipinski definition) is 2. The molecule has 2 aliphatic rings. The van der Waals surface area contributed by atoms with Crippen molar-refractivity contribution in [3.05, 3.63) is 24.3 Å². The summed E-state index contributed by atoms with van der Waals surface area (Å²) in [4.78, 5) is 15.1. The summed E-state index contributed by atoms with van der Waals surface area (Å²) in [6, 6.07) is 7.06. The highest BCUT2D eigenvalue weighted by molar-refractivity contribution is 7.92. The standard InChI is InChI=1S/C20H32BN3O6S/c1-19(2)20(3,4)30-21(29-19)16-6-5-7-17(14-16)22-31(27,28)13-12-23-8-10-24(11-9-23)18(26)15-25/h5-7,14,22,25H,8-13,15H2,1-4H3. The summed E-state index contributed by atoms with van der Waals surface area (Å²) in [5, 5.41) is 8.93. The maximum absolute atomic E-state index is 12.6. The maximum atomic E-state index is 12.6. The Labute approximate surface area is 184 Å². The Kier molecular flexibility index (Phi) is 7.02.